The zero-order chi connectivity index (χ0) is 55.7. The number of carbonyl (C=O) groups excluding carboxylic acids is 3. The van der Waals surface area contributed by atoms with Crippen molar-refractivity contribution in [1.82, 2.24) is 0 Å². The first-order valence-electron chi connectivity index (χ1n) is 33.8. The van der Waals surface area contributed by atoms with Crippen LogP contribution in [0.2, 0.25) is 0 Å². The number of rotatable bonds is 62. The number of allylic oxidation sites excluding steroid dienone is 10. The van der Waals surface area contributed by atoms with Crippen molar-refractivity contribution < 1.29 is 28.6 Å². The van der Waals surface area contributed by atoms with Gasteiger partial charge < -0.3 is 14.2 Å². The zero-order valence-corrected chi connectivity index (χ0v) is 51.5. The predicted octanol–water partition coefficient (Wildman–Crippen LogP) is 23.1. The maximum absolute atomic E-state index is 12.9. The van der Waals surface area contributed by atoms with Gasteiger partial charge in [0.1, 0.15) is 13.2 Å². The van der Waals surface area contributed by atoms with Crippen LogP contribution in [0.15, 0.2) is 60.8 Å². The minimum absolute atomic E-state index is 0.0918. The highest BCUT2D eigenvalue weighted by atomic mass is 16.6. The summed E-state index contributed by atoms with van der Waals surface area (Å²) in [6, 6.07) is 0. The van der Waals surface area contributed by atoms with Crippen molar-refractivity contribution in [2.75, 3.05) is 13.2 Å². The molecule has 6 nitrogen and oxygen atoms in total. The topological polar surface area (TPSA) is 78.9 Å². The van der Waals surface area contributed by atoms with Crippen LogP contribution in [0, 0.1) is 0 Å². The highest BCUT2D eigenvalue weighted by molar-refractivity contribution is 5.71. The van der Waals surface area contributed by atoms with E-state index in [1.54, 1.807) is 0 Å². The Morgan fingerprint density at radius 1 is 0.273 bits per heavy atom. The molecule has 1 unspecified atom stereocenters. The van der Waals surface area contributed by atoms with E-state index in [9.17, 15) is 14.4 Å². The predicted molar refractivity (Wildman–Crippen MR) is 335 cm³/mol. The lowest BCUT2D eigenvalue weighted by Crippen LogP contribution is -2.30. The molecule has 0 fully saturated rings. The van der Waals surface area contributed by atoms with Crippen molar-refractivity contribution in [3.05, 3.63) is 60.8 Å². The van der Waals surface area contributed by atoms with Gasteiger partial charge in [-0.15, -0.1) is 0 Å². The van der Waals surface area contributed by atoms with E-state index in [0.29, 0.717) is 19.3 Å². The van der Waals surface area contributed by atoms with Crippen LogP contribution in [0.5, 0.6) is 0 Å². The van der Waals surface area contributed by atoms with E-state index in [0.717, 1.165) is 64.2 Å². The fourth-order valence-electron chi connectivity index (χ4n) is 9.99. The summed E-state index contributed by atoms with van der Waals surface area (Å²) in [7, 11) is 0. The van der Waals surface area contributed by atoms with E-state index in [2.05, 4.69) is 75.5 Å². The molecule has 6 heteroatoms. The summed E-state index contributed by atoms with van der Waals surface area (Å²) in [4.78, 5) is 38.3. The Labute approximate surface area is 479 Å². The van der Waals surface area contributed by atoms with Crippen LogP contribution in [-0.4, -0.2) is 37.2 Å². The molecule has 0 rings (SSSR count). The SMILES string of the molecule is CC/C=C\C/C=C\C/C=C\C/C=C\CCC(=O)OCC(COC(=O)CCCCCCCCCCCCCCCCCCC/C=C\CCCCCCCCCC)OC(=O)CCCCCCCCCCCCCCCCCCC. The molecule has 448 valence electrons. The van der Waals surface area contributed by atoms with Gasteiger partial charge in [-0.25, -0.2) is 0 Å². The lowest BCUT2D eigenvalue weighted by molar-refractivity contribution is -0.166. The average Bonchev–Trinajstić information content (AvgIpc) is 3.43. The van der Waals surface area contributed by atoms with Crippen LogP contribution in [0.1, 0.15) is 355 Å². The van der Waals surface area contributed by atoms with E-state index < -0.39 is 6.10 Å². The van der Waals surface area contributed by atoms with E-state index in [-0.39, 0.29) is 37.5 Å². The number of carbonyl (C=O) groups is 3. The van der Waals surface area contributed by atoms with Gasteiger partial charge in [-0.3, -0.25) is 14.4 Å². The summed E-state index contributed by atoms with van der Waals surface area (Å²) in [5, 5.41) is 0. The minimum Gasteiger partial charge on any atom is -0.462 e. The molecule has 0 aromatic rings. The second-order valence-corrected chi connectivity index (χ2v) is 22.7. The third-order valence-electron chi connectivity index (χ3n) is 15.0. The monoisotopic (exact) mass is 1080 g/mol. The van der Waals surface area contributed by atoms with Gasteiger partial charge in [-0.05, 0) is 70.6 Å². The van der Waals surface area contributed by atoms with Gasteiger partial charge in [-0.2, -0.15) is 0 Å². The van der Waals surface area contributed by atoms with Gasteiger partial charge in [0.25, 0.3) is 0 Å². The Morgan fingerprint density at radius 2 is 0.532 bits per heavy atom. The maximum Gasteiger partial charge on any atom is 0.306 e. The molecule has 0 spiro atoms. The van der Waals surface area contributed by atoms with Crippen molar-refractivity contribution in [1.29, 1.82) is 0 Å². The second kappa shape index (κ2) is 65.6. The molecule has 77 heavy (non-hydrogen) atoms. The first kappa shape index (κ1) is 74.1. The molecule has 0 N–H and O–H groups in total. The average molecular weight is 1080 g/mol. The standard InChI is InChI=1S/C71H128O6/c1-4-7-10-13-16-19-22-25-27-29-30-31-32-33-34-35-36-37-38-39-40-42-43-46-49-52-55-58-61-64-70(73)76-67-68(66-75-69(72)63-60-57-54-51-48-45-24-21-18-15-12-9-6-3)77-71(74)65-62-59-56-53-50-47-44-41-28-26-23-20-17-14-11-8-5-2/h9,12,18,21,29-30,45,48,54,57,68H,4-8,10-11,13-17,19-20,22-28,31-44,46-47,49-53,55-56,58-67H2,1-3H3/b12-9-,21-18-,30-29-,48-45-,57-54-. The van der Waals surface area contributed by atoms with Crippen LogP contribution in [-0.2, 0) is 28.6 Å². The van der Waals surface area contributed by atoms with Gasteiger partial charge in [0.15, 0.2) is 6.10 Å². The summed E-state index contributed by atoms with van der Waals surface area (Å²) in [5.74, 6) is -0.956. The van der Waals surface area contributed by atoms with Crippen molar-refractivity contribution >= 4 is 17.9 Å². The lowest BCUT2D eigenvalue weighted by Gasteiger charge is -2.18. The third kappa shape index (κ3) is 63.8. The van der Waals surface area contributed by atoms with Gasteiger partial charge >= 0.3 is 17.9 Å². The molecule has 0 saturated carbocycles. The number of hydrogen-bond acceptors (Lipinski definition) is 6. The Kier molecular flexibility index (Phi) is 63.2. The van der Waals surface area contributed by atoms with E-state index in [4.69, 9.17) is 14.2 Å². The molecule has 0 radical (unpaired) electrons. The number of ether oxygens (including phenoxy) is 3. The van der Waals surface area contributed by atoms with Gasteiger partial charge in [-0.1, -0.05) is 326 Å². The summed E-state index contributed by atoms with van der Waals surface area (Å²) < 4.78 is 16.9. The van der Waals surface area contributed by atoms with Crippen molar-refractivity contribution in [3.63, 3.8) is 0 Å². The van der Waals surface area contributed by atoms with E-state index >= 15 is 0 Å². The zero-order valence-electron chi connectivity index (χ0n) is 51.5. The fraction of sp³-hybridized carbons (Fsp3) is 0.817. The Hall–Kier alpha value is -2.89. The third-order valence-corrected chi connectivity index (χ3v) is 15.0. The summed E-state index contributed by atoms with van der Waals surface area (Å²) >= 11 is 0. The molecule has 0 heterocycles. The number of esters is 3. The highest BCUT2D eigenvalue weighted by Crippen LogP contribution is 2.18. The first-order valence-corrected chi connectivity index (χ1v) is 33.8. The Morgan fingerprint density at radius 3 is 0.870 bits per heavy atom. The van der Waals surface area contributed by atoms with Crippen molar-refractivity contribution in [2.45, 2.75) is 361 Å². The molecule has 0 aromatic heterocycles. The molecule has 0 aliphatic carbocycles. The highest BCUT2D eigenvalue weighted by Gasteiger charge is 2.19. The largest absolute Gasteiger partial charge is 0.462 e. The normalized spacial score (nSPS) is 12.4. The summed E-state index contributed by atoms with van der Waals surface area (Å²) in [5.41, 5.74) is 0. The molecule has 0 aromatic carbocycles. The Bertz CT molecular complexity index is 1380. The van der Waals surface area contributed by atoms with Gasteiger partial charge in [0, 0.05) is 19.3 Å². The fourth-order valence-corrected chi connectivity index (χ4v) is 9.99. The van der Waals surface area contributed by atoms with Crippen LogP contribution in [0.4, 0.5) is 0 Å². The first-order chi connectivity index (χ1) is 38.0. The molecule has 0 saturated heterocycles. The van der Waals surface area contributed by atoms with Crippen molar-refractivity contribution in [2.24, 2.45) is 0 Å². The van der Waals surface area contributed by atoms with E-state index in [1.165, 1.54) is 244 Å². The van der Waals surface area contributed by atoms with Crippen molar-refractivity contribution in [3.8, 4) is 0 Å². The molecular weight excluding hydrogens is 949 g/mol. The molecule has 0 bridgehead atoms. The van der Waals surface area contributed by atoms with Crippen LogP contribution < -0.4 is 0 Å². The smallest absolute Gasteiger partial charge is 0.306 e. The molecular formula is C71H128O6. The lowest BCUT2D eigenvalue weighted by atomic mass is 10.0. The number of unbranched alkanes of at least 4 members (excludes halogenated alkanes) is 41. The van der Waals surface area contributed by atoms with Crippen LogP contribution >= 0.6 is 0 Å². The quantitative estimate of drug-likeness (QED) is 0.0261. The van der Waals surface area contributed by atoms with E-state index in [1.807, 2.05) is 6.08 Å². The summed E-state index contributed by atoms with van der Waals surface area (Å²) in [6.45, 7) is 6.52. The molecule has 0 aliphatic rings. The van der Waals surface area contributed by atoms with Crippen LogP contribution in [0.25, 0.3) is 0 Å². The maximum atomic E-state index is 12.9. The molecule has 1 atom stereocenters. The Balaban J connectivity index is 4.21. The second-order valence-electron chi connectivity index (χ2n) is 22.7. The van der Waals surface area contributed by atoms with Gasteiger partial charge in [0.05, 0.1) is 0 Å². The molecule has 0 amide bonds. The van der Waals surface area contributed by atoms with Gasteiger partial charge in [0.2, 0.25) is 0 Å². The summed E-state index contributed by atoms with van der Waals surface area (Å²) in [6.07, 6.45) is 84.1. The minimum atomic E-state index is -0.801. The van der Waals surface area contributed by atoms with Crippen LogP contribution in [0.3, 0.4) is 0 Å². The molecule has 0 aliphatic heterocycles. The number of hydrogen-bond donors (Lipinski definition) is 0.